The summed E-state index contributed by atoms with van der Waals surface area (Å²) >= 11 is 1.72. The summed E-state index contributed by atoms with van der Waals surface area (Å²) < 4.78 is 0. The number of rotatable bonds is 5. The van der Waals surface area contributed by atoms with Crippen molar-refractivity contribution in [1.29, 1.82) is 0 Å². The van der Waals surface area contributed by atoms with E-state index in [1.807, 2.05) is 7.05 Å². The van der Waals surface area contributed by atoms with Crippen LogP contribution in [-0.2, 0) is 11.3 Å². The highest BCUT2D eigenvalue weighted by Gasteiger charge is 2.35. The molecule has 19 heavy (non-hydrogen) atoms. The number of nitrogens with two attached hydrogens (primary N) is 1. The Hall–Kier alpha value is -1.00. The van der Waals surface area contributed by atoms with Crippen molar-refractivity contribution in [2.45, 2.75) is 42.7 Å². The van der Waals surface area contributed by atoms with E-state index in [4.69, 9.17) is 5.73 Å². The van der Waals surface area contributed by atoms with Crippen LogP contribution >= 0.6 is 11.8 Å². The van der Waals surface area contributed by atoms with Gasteiger partial charge in [0.2, 0.25) is 5.91 Å². The lowest BCUT2D eigenvalue weighted by Gasteiger charge is -2.38. The Kier molecular flexibility index (Phi) is 4.53. The Morgan fingerprint density at radius 2 is 2.00 bits per heavy atom. The molecule has 0 spiro atoms. The van der Waals surface area contributed by atoms with Gasteiger partial charge in [-0.1, -0.05) is 12.1 Å². The second kappa shape index (κ2) is 5.97. The van der Waals surface area contributed by atoms with Gasteiger partial charge in [0.15, 0.2) is 0 Å². The van der Waals surface area contributed by atoms with E-state index in [1.165, 1.54) is 4.90 Å². The van der Waals surface area contributed by atoms with Crippen molar-refractivity contribution in [3.8, 4) is 0 Å². The van der Waals surface area contributed by atoms with Gasteiger partial charge in [0.1, 0.15) is 0 Å². The van der Waals surface area contributed by atoms with Gasteiger partial charge in [-0.25, -0.2) is 0 Å². The van der Waals surface area contributed by atoms with Crippen LogP contribution in [0.3, 0.4) is 0 Å². The van der Waals surface area contributed by atoms with Crippen LogP contribution in [0.4, 0.5) is 0 Å². The van der Waals surface area contributed by atoms with Crippen molar-refractivity contribution in [2.24, 2.45) is 5.73 Å². The molecule has 1 amide bonds. The molecule has 1 aromatic rings. The molecule has 1 aliphatic carbocycles. The topological polar surface area (TPSA) is 46.3 Å². The number of hydrogen-bond acceptors (Lipinski definition) is 3. The van der Waals surface area contributed by atoms with Gasteiger partial charge in [-0.15, -0.1) is 11.8 Å². The van der Waals surface area contributed by atoms with E-state index in [2.05, 4.69) is 30.5 Å². The number of thioether (sulfide) groups is 1. The number of amides is 1. The van der Waals surface area contributed by atoms with Gasteiger partial charge >= 0.3 is 0 Å². The van der Waals surface area contributed by atoms with Gasteiger partial charge in [-0.2, -0.15) is 0 Å². The van der Waals surface area contributed by atoms with Gasteiger partial charge in [0.05, 0.1) is 0 Å². The summed E-state index contributed by atoms with van der Waals surface area (Å²) in [5.41, 5.74) is 7.05. The molecule has 1 aliphatic rings. The second-order valence-corrected chi connectivity index (χ2v) is 6.37. The fraction of sp³-hybridized carbons (Fsp3) is 0.533. The van der Waals surface area contributed by atoms with Crippen LogP contribution in [0.1, 0.15) is 31.2 Å². The molecule has 1 aromatic carbocycles. The molecule has 2 rings (SSSR count). The summed E-state index contributed by atoms with van der Waals surface area (Å²) in [6, 6.07) is 8.34. The highest BCUT2D eigenvalue weighted by Crippen LogP contribution is 2.32. The first kappa shape index (κ1) is 14.4. The Balaban J connectivity index is 1.88. The van der Waals surface area contributed by atoms with Crippen LogP contribution in [0.15, 0.2) is 29.2 Å². The molecule has 0 heterocycles. The molecule has 0 aromatic heterocycles. The Morgan fingerprint density at radius 3 is 2.47 bits per heavy atom. The number of nitrogens with zero attached hydrogens (tertiary/aromatic N) is 1. The summed E-state index contributed by atoms with van der Waals surface area (Å²) in [5, 5.41) is 0. The molecule has 0 atom stereocenters. The van der Waals surface area contributed by atoms with Crippen LogP contribution in [0.5, 0.6) is 0 Å². The minimum Gasteiger partial charge on any atom is -0.341 e. The van der Waals surface area contributed by atoms with E-state index in [0.29, 0.717) is 13.0 Å². The highest BCUT2D eigenvalue weighted by molar-refractivity contribution is 7.98. The first-order chi connectivity index (χ1) is 9.02. The second-order valence-electron chi connectivity index (χ2n) is 5.49. The van der Waals surface area contributed by atoms with Gasteiger partial charge in [-0.3, -0.25) is 4.79 Å². The predicted octanol–water partition coefficient (Wildman–Crippen LogP) is 2.64. The molecule has 3 nitrogen and oxygen atoms in total. The molecule has 1 fully saturated rings. The molecular weight excluding hydrogens is 256 g/mol. The zero-order chi connectivity index (χ0) is 13.9. The summed E-state index contributed by atoms with van der Waals surface area (Å²) in [5.74, 6) is 0.149. The normalized spacial score (nSPS) is 16.8. The van der Waals surface area contributed by atoms with Crippen molar-refractivity contribution in [3.63, 3.8) is 0 Å². The number of carbonyl (C=O) groups excluding carboxylic acids is 1. The average Bonchev–Trinajstić information content (AvgIpc) is 2.37. The smallest absolute Gasteiger partial charge is 0.224 e. The molecule has 0 radical (unpaired) electrons. The zero-order valence-corrected chi connectivity index (χ0v) is 12.5. The van der Waals surface area contributed by atoms with E-state index in [9.17, 15) is 4.79 Å². The van der Waals surface area contributed by atoms with Crippen molar-refractivity contribution < 1.29 is 4.79 Å². The molecule has 4 heteroatoms. The van der Waals surface area contributed by atoms with Crippen molar-refractivity contribution in [3.05, 3.63) is 29.8 Å². The Labute approximate surface area is 119 Å². The zero-order valence-electron chi connectivity index (χ0n) is 11.7. The van der Waals surface area contributed by atoms with Crippen LogP contribution in [0.25, 0.3) is 0 Å². The minimum absolute atomic E-state index is 0.149. The number of hydrogen-bond donors (Lipinski definition) is 1. The maximum absolute atomic E-state index is 12.1. The lowest BCUT2D eigenvalue weighted by atomic mass is 9.75. The van der Waals surface area contributed by atoms with E-state index in [-0.39, 0.29) is 11.4 Å². The molecule has 0 aliphatic heterocycles. The maximum atomic E-state index is 12.1. The van der Waals surface area contributed by atoms with E-state index in [0.717, 1.165) is 24.8 Å². The number of benzene rings is 1. The third-order valence-electron chi connectivity index (χ3n) is 3.86. The molecule has 0 unspecified atom stereocenters. The Bertz CT molecular complexity index is 440. The fourth-order valence-corrected chi connectivity index (χ4v) is 2.75. The van der Waals surface area contributed by atoms with E-state index >= 15 is 0 Å². The summed E-state index contributed by atoms with van der Waals surface area (Å²) in [6.07, 6.45) is 5.66. The van der Waals surface area contributed by atoms with Crippen LogP contribution in [0, 0.1) is 0 Å². The van der Waals surface area contributed by atoms with Crippen LogP contribution in [0.2, 0.25) is 0 Å². The van der Waals surface area contributed by atoms with Crippen LogP contribution < -0.4 is 5.73 Å². The highest BCUT2D eigenvalue weighted by atomic mass is 32.2. The monoisotopic (exact) mass is 278 g/mol. The number of carbonyl (C=O) groups is 1. The van der Waals surface area contributed by atoms with E-state index < -0.39 is 0 Å². The molecule has 104 valence electrons. The SMILES string of the molecule is CSc1ccc(CN(C)C(=O)CC2(N)CCC2)cc1. The molecule has 0 bridgehead atoms. The molecule has 1 saturated carbocycles. The largest absolute Gasteiger partial charge is 0.341 e. The van der Waals surface area contributed by atoms with Crippen molar-refractivity contribution in [1.82, 2.24) is 4.90 Å². The lowest BCUT2D eigenvalue weighted by Crippen LogP contribution is -2.50. The summed E-state index contributed by atoms with van der Waals surface area (Å²) in [6.45, 7) is 0.656. The van der Waals surface area contributed by atoms with Crippen molar-refractivity contribution >= 4 is 17.7 Å². The Morgan fingerprint density at radius 1 is 1.37 bits per heavy atom. The van der Waals surface area contributed by atoms with Gasteiger partial charge in [0, 0.05) is 30.4 Å². The summed E-state index contributed by atoms with van der Waals surface area (Å²) in [4.78, 5) is 15.1. The van der Waals surface area contributed by atoms with Gasteiger partial charge in [-0.05, 0) is 43.2 Å². The molecule has 0 saturated heterocycles. The quantitative estimate of drug-likeness (QED) is 0.842. The first-order valence-corrected chi connectivity index (χ1v) is 7.91. The maximum Gasteiger partial charge on any atom is 0.224 e. The third kappa shape index (κ3) is 3.74. The van der Waals surface area contributed by atoms with Gasteiger partial charge in [0.25, 0.3) is 0 Å². The van der Waals surface area contributed by atoms with Crippen LogP contribution in [-0.4, -0.2) is 29.6 Å². The standard InChI is InChI=1S/C15H22N2OS/c1-17(14(18)10-15(16)8-3-9-15)11-12-4-6-13(19-2)7-5-12/h4-7H,3,8-11,16H2,1-2H3. The van der Waals surface area contributed by atoms with Gasteiger partial charge < -0.3 is 10.6 Å². The van der Waals surface area contributed by atoms with Crippen molar-refractivity contribution in [2.75, 3.05) is 13.3 Å². The minimum atomic E-state index is -0.228. The third-order valence-corrected chi connectivity index (χ3v) is 4.60. The molecular formula is C15H22N2OS. The average molecular weight is 278 g/mol. The molecule has 2 N–H and O–H groups in total. The summed E-state index contributed by atoms with van der Waals surface area (Å²) in [7, 11) is 1.85. The van der Waals surface area contributed by atoms with E-state index in [1.54, 1.807) is 16.7 Å². The first-order valence-electron chi connectivity index (χ1n) is 6.68. The lowest BCUT2D eigenvalue weighted by molar-refractivity contribution is -0.132. The fourth-order valence-electron chi connectivity index (χ4n) is 2.34. The predicted molar refractivity (Wildman–Crippen MR) is 80.1 cm³/mol.